The van der Waals surface area contributed by atoms with E-state index in [9.17, 15) is 9.18 Å². The first-order valence-corrected chi connectivity index (χ1v) is 10.7. The Morgan fingerprint density at radius 2 is 1.97 bits per heavy atom. The van der Waals surface area contributed by atoms with Gasteiger partial charge in [-0.2, -0.15) is 0 Å². The lowest BCUT2D eigenvalue weighted by molar-refractivity contribution is -0.139. The van der Waals surface area contributed by atoms with Crippen molar-refractivity contribution in [2.24, 2.45) is 5.92 Å². The van der Waals surface area contributed by atoms with Gasteiger partial charge in [-0.1, -0.05) is 38.1 Å². The predicted molar refractivity (Wildman–Crippen MR) is 117 cm³/mol. The molecule has 2 aliphatic heterocycles. The van der Waals surface area contributed by atoms with E-state index in [1.807, 2.05) is 49.1 Å². The van der Waals surface area contributed by atoms with Crippen molar-refractivity contribution < 1.29 is 23.8 Å². The van der Waals surface area contributed by atoms with Crippen LogP contribution in [0.1, 0.15) is 37.8 Å². The minimum absolute atomic E-state index is 0.0340. The zero-order chi connectivity index (χ0) is 22.0. The number of nitrogens with zero attached hydrogens (tertiary/aromatic N) is 1. The molecule has 2 aromatic carbocycles. The van der Waals surface area contributed by atoms with Crippen LogP contribution in [0.5, 0.6) is 11.5 Å². The van der Waals surface area contributed by atoms with Crippen LogP contribution in [0.4, 0.5) is 4.39 Å². The summed E-state index contributed by atoms with van der Waals surface area (Å²) in [7, 11) is 0. The topological polar surface area (TPSA) is 59.0 Å². The molecule has 0 radical (unpaired) electrons. The number of fused-ring (bicyclic) bond motifs is 1. The number of carbonyl (C=O) groups is 1. The van der Waals surface area contributed by atoms with Crippen LogP contribution in [-0.2, 0) is 4.79 Å². The Kier molecular flexibility index (Phi) is 6.01. The van der Waals surface area contributed by atoms with Crippen LogP contribution in [0.2, 0.25) is 0 Å². The van der Waals surface area contributed by atoms with Crippen molar-refractivity contribution in [3.8, 4) is 11.5 Å². The number of benzene rings is 2. The number of likely N-dealkylation sites (tertiary alicyclic amines) is 1. The summed E-state index contributed by atoms with van der Waals surface area (Å²) in [4.78, 5) is 13.0. The number of carboxylic acids is 1. The molecular formula is C25H28FNO4. The largest absolute Gasteiger partial charge is 0.490 e. The average molecular weight is 426 g/mol. The third-order valence-corrected chi connectivity index (χ3v) is 5.77. The molecule has 0 amide bonds. The second-order valence-corrected chi connectivity index (χ2v) is 8.74. The molecule has 0 aliphatic carbocycles. The molecule has 164 valence electrons. The standard InChI is InChI=1S/C25H28FNO4/c1-17(2)16-30-23-8-7-18(13-21(23)26)20-14-25(31-22-6-4-3-5-19(20)22)9-11-27(12-10-25)15-24(28)29/h3-8,13-14,17H,9-12,15-16H2,1-2H3,(H,28,29). The van der Waals surface area contributed by atoms with E-state index >= 15 is 0 Å². The second kappa shape index (κ2) is 8.71. The zero-order valence-electron chi connectivity index (χ0n) is 17.9. The van der Waals surface area contributed by atoms with E-state index in [-0.39, 0.29) is 18.1 Å². The number of ether oxygens (including phenoxy) is 2. The Morgan fingerprint density at radius 1 is 1.23 bits per heavy atom. The number of hydrogen-bond donors (Lipinski definition) is 1. The van der Waals surface area contributed by atoms with Crippen molar-refractivity contribution in [3.05, 3.63) is 65.5 Å². The Balaban J connectivity index is 1.65. The summed E-state index contributed by atoms with van der Waals surface area (Å²) in [5, 5.41) is 9.07. The van der Waals surface area contributed by atoms with Crippen molar-refractivity contribution in [1.29, 1.82) is 0 Å². The third kappa shape index (κ3) is 4.74. The summed E-state index contributed by atoms with van der Waals surface area (Å²) >= 11 is 0. The summed E-state index contributed by atoms with van der Waals surface area (Å²) in [5.74, 6) is 0.143. The van der Waals surface area contributed by atoms with Gasteiger partial charge < -0.3 is 14.6 Å². The summed E-state index contributed by atoms with van der Waals surface area (Å²) in [5.41, 5.74) is 2.11. The van der Waals surface area contributed by atoms with Gasteiger partial charge in [-0.25, -0.2) is 4.39 Å². The Labute approximate surface area is 182 Å². The first kappa shape index (κ1) is 21.4. The third-order valence-electron chi connectivity index (χ3n) is 5.77. The smallest absolute Gasteiger partial charge is 0.317 e. The molecule has 2 heterocycles. The molecule has 1 fully saturated rings. The monoisotopic (exact) mass is 425 g/mol. The van der Waals surface area contributed by atoms with Gasteiger partial charge in [-0.05, 0) is 41.3 Å². The molecule has 2 aromatic rings. The molecule has 1 saturated heterocycles. The van der Waals surface area contributed by atoms with Crippen LogP contribution in [-0.4, -0.2) is 47.8 Å². The highest BCUT2D eigenvalue weighted by Gasteiger charge is 2.39. The highest BCUT2D eigenvalue weighted by molar-refractivity contribution is 5.85. The fraction of sp³-hybridized carbons (Fsp3) is 0.400. The van der Waals surface area contributed by atoms with Crippen LogP contribution in [0.3, 0.4) is 0 Å². The fourth-order valence-corrected chi connectivity index (χ4v) is 4.18. The van der Waals surface area contributed by atoms with Gasteiger partial charge in [0.15, 0.2) is 11.6 Å². The lowest BCUT2D eigenvalue weighted by atomic mass is 9.83. The van der Waals surface area contributed by atoms with Crippen LogP contribution in [0.25, 0.3) is 5.57 Å². The Bertz CT molecular complexity index is 993. The number of halogens is 1. The van der Waals surface area contributed by atoms with Crippen molar-refractivity contribution in [2.45, 2.75) is 32.3 Å². The quantitative estimate of drug-likeness (QED) is 0.733. The maximum Gasteiger partial charge on any atom is 0.317 e. The molecule has 0 saturated carbocycles. The minimum Gasteiger partial charge on any atom is -0.490 e. The van der Waals surface area contributed by atoms with E-state index in [0.29, 0.717) is 38.5 Å². The van der Waals surface area contributed by atoms with Gasteiger partial charge in [-0.15, -0.1) is 0 Å². The molecule has 0 aromatic heterocycles. The molecule has 4 rings (SSSR count). The number of carboxylic acid groups (broad SMARTS) is 1. The zero-order valence-corrected chi connectivity index (χ0v) is 17.9. The summed E-state index contributed by atoms with van der Waals surface area (Å²) < 4.78 is 26.8. The Hall–Kier alpha value is -2.86. The highest BCUT2D eigenvalue weighted by Crippen LogP contribution is 2.43. The molecule has 31 heavy (non-hydrogen) atoms. The number of hydrogen-bond acceptors (Lipinski definition) is 4. The normalized spacial score (nSPS) is 17.7. The van der Waals surface area contributed by atoms with Gasteiger partial charge in [-0.3, -0.25) is 9.69 Å². The van der Waals surface area contributed by atoms with Gasteiger partial charge in [0.25, 0.3) is 0 Å². The maximum absolute atomic E-state index is 14.8. The Morgan fingerprint density at radius 3 is 2.65 bits per heavy atom. The maximum atomic E-state index is 14.8. The van der Waals surface area contributed by atoms with E-state index in [2.05, 4.69) is 6.08 Å². The highest BCUT2D eigenvalue weighted by atomic mass is 19.1. The molecule has 6 heteroatoms. The van der Waals surface area contributed by atoms with Gasteiger partial charge >= 0.3 is 5.97 Å². The van der Waals surface area contributed by atoms with Crippen LogP contribution < -0.4 is 9.47 Å². The molecule has 2 aliphatic rings. The van der Waals surface area contributed by atoms with E-state index in [1.54, 1.807) is 6.07 Å². The molecule has 5 nitrogen and oxygen atoms in total. The predicted octanol–water partition coefficient (Wildman–Crippen LogP) is 4.60. The van der Waals surface area contributed by atoms with Gasteiger partial charge in [0.1, 0.15) is 11.4 Å². The van der Waals surface area contributed by atoms with Crippen molar-refractivity contribution in [3.63, 3.8) is 0 Å². The lowest BCUT2D eigenvalue weighted by Gasteiger charge is -2.42. The van der Waals surface area contributed by atoms with Crippen LogP contribution in [0.15, 0.2) is 48.5 Å². The van der Waals surface area contributed by atoms with E-state index < -0.39 is 11.6 Å². The number of piperidine rings is 1. The molecular weight excluding hydrogens is 397 g/mol. The van der Waals surface area contributed by atoms with Gasteiger partial charge in [0.05, 0.1) is 13.2 Å². The van der Waals surface area contributed by atoms with Crippen molar-refractivity contribution in [1.82, 2.24) is 4.90 Å². The number of para-hydroxylation sites is 1. The second-order valence-electron chi connectivity index (χ2n) is 8.74. The van der Waals surface area contributed by atoms with E-state index in [1.165, 1.54) is 6.07 Å². The lowest BCUT2D eigenvalue weighted by Crippen LogP contribution is -2.49. The minimum atomic E-state index is -0.822. The van der Waals surface area contributed by atoms with Gasteiger partial charge in [0, 0.05) is 31.5 Å². The van der Waals surface area contributed by atoms with E-state index in [0.717, 1.165) is 22.4 Å². The summed E-state index contributed by atoms with van der Waals surface area (Å²) in [6, 6.07) is 12.9. The van der Waals surface area contributed by atoms with E-state index in [4.69, 9.17) is 14.6 Å². The molecule has 0 unspecified atom stereocenters. The van der Waals surface area contributed by atoms with Crippen LogP contribution in [0, 0.1) is 11.7 Å². The first-order valence-electron chi connectivity index (χ1n) is 10.7. The SMILES string of the molecule is CC(C)COc1ccc(C2=CC3(CCN(CC(=O)O)CC3)Oc3ccccc32)cc1F. The fourth-order valence-electron chi connectivity index (χ4n) is 4.18. The van der Waals surface area contributed by atoms with Crippen molar-refractivity contribution in [2.75, 3.05) is 26.2 Å². The van der Waals surface area contributed by atoms with Crippen molar-refractivity contribution >= 4 is 11.5 Å². The first-order chi connectivity index (χ1) is 14.8. The summed E-state index contributed by atoms with van der Waals surface area (Å²) in [6.45, 7) is 5.82. The average Bonchev–Trinajstić information content (AvgIpc) is 2.74. The summed E-state index contributed by atoms with van der Waals surface area (Å²) in [6.07, 6.45) is 3.45. The molecule has 1 N–H and O–H groups in total. The molecule has 0 bridgehead atoms. The number of aliphatic carboxylic acids is 1. The van der Waals surface area contributed by atoms with Gasteiger partial charge in [0.2, 0.25) is 0 Å². The molecule has 0 atom stereocenters. The molecule has 1 spiro atoms. The van der Waals surface area contributed by atoms with Crippen LogP contribution >= 0.6 is 0 Å². The number of rotatable bonds is 6.